The first-order valence-corrected chi connectivity index (χ1v) is 3.38. The maximum atomic E-state index is 3.30. The second-order valence-corrected chi connectivity index (χ2v) is 3.45. The summed E-state index contributed by atoms with van der Waals surface area (Å²) < 4.78 is 0. The number of halogens is 3. The third-order valence-electron chi connectivity index (χ3n) is 1.50. The van der Waals surface area contributed by atoms with Gasteiger partial charge >= 0.3 is 0 Å². The van der Waals surface area contributed by atoms with Crippen LogP contribution in [0.1, 0.15) is 27.2 Å². The molecule has 1 aliphatic carbocycles. The zero-order chi connectivity index (χ0) is 6.91. The zero-order valence-corrected chi connectivity index (χ0v) is 14.1. The summed E-state index contributed by atoms with van der Waals surface area (Å²) in [6, 6.07) is 0. The van der Waals surface area contributed by atoms with E-state index in [-0.39, 0.29) is 63.1 Å². The second-order valence-electron chi connectivity index (χ2n) is 3.45. The van der Waals surface area contributed by atoms with Gasteiger partial charge in [0.25, 0.3) is 0 Å². The molecule has 13 heavy (non-hydrogen) atoms. The molecular weight excluding hydrogens is 393 g/mol. The maximum Gasteiger partial charge on any atom is 0 e. The van der Waals surface area contributed by atoms with Gasteiger partial charge in [-0.1, -0.05) is 20.8 Å². The van der Waals surface area contributed by atoms with Crippen molar-refractivity contribution < 1.29 is 25.8 Å². The van der Waals surface area contributed by atoms with Crippen molar-refractivity contribution in [3.8, 4) is 0 Å². The molecule has 78 valence electrons. The quantitative estimate of drug-likeness (QED) is 0.420. The largest absolute Gasteiger partial charge is 0.269 e. The van der Waals surface area contributed by atoms with Crippen molar-refractivity contribution in [2.75, 3.05) is 0 Å². The van der Waals surface area contributed by atoms with Gasteiger partial charge in [0.2, 0.25) is 0 Å². The van der Waals surface area contributed by atoms with E-state index in [4.69, 9.17) is 0 Å². The number of allylic oxidation sites excluding steroid dienone is 4. The Morgan fingerprint density at radius 3 is 1.77 bits per heavy atom. The fraction of sp³-hybridized carbons (Fsp3) is 0.556. The molecule has 0 N–H and O–H groups in total. The first kappa shape index (κ1) is 23.8. The van der Waals surface area contributed by atoms with E-state index in [2.05, 4.69) is 39.0 Å². The van der Waals surface area contributed by atoms with Crippen LogP contribution in [0, 0.1) is 11.5 Å². The normalized spacial score (nSPS) is 12.7. The van der Waals surface area contributed by atoms with E-state index in [0.717, 1.165) is 6.42 Å². The van der Waals surface area contributed by atoms with Crippen LogP contribution >= 0.6 is 37.2 Å². The zero-order valence-electron chi connectivity index (χ0n) is 8.09. The molecule has 0 saturated carbocycles. The monoisotopic (exact) mass is 409 g/mol. The molecule has 0 spiro atoms. The van der Waals surface area contributed by atoms with Crippen molar-refractivity contribution in [2.45, 2.75) is 27.2 Å². The Morgan fingerprint density at radius 1 is 1.15 bits per heavy atom. The van der Waals surface area contributed by atoms with Crippen LogP contribution in [0.3, 0.4) is 0 Å². The summed E-state index contributed by atoms with van der Waals surface area (Å²) in [7, 11) is 0. The number of hydrogen-bond donors (Lipinski definition) is 0. The van der Waals surface area contributed by atoms with Crippen LogP contribution in [0.4, 0.5) is 0 Å². The molecule has 0 bridgehead atoms. The van der Waals surface area contributed by atoms with E-state index in [1.165, 1.54) is 5.57 Å². The summed E-state index contributed by atoms with van der Waals surface area (Å²) in [6.45, 7) is 6.64. The van der Waals surface area contributed by atoms with Crippen LogP contribution in [0.2, 0.25) is 0 Å². The fourth-order valence-electron chi connectivity index (χ4n) is 0.920. The molecule has 0 amide bonds. The van der Waals surface area contributed by atoms with Gasteiger partial charge in [0.05, 0.1) is 0 Å². The fourth-order valence-corrected chi connectivity index (χ4v) is 0.920. The molecule has 0 fully saturated rings. The van der Waals surface area contributed by atoms with Gasteiger partial charge in [-0.3, -0.25) is 6.08 Å². The molecule has 0 saturated heterocycles. The van der Waals surface area contributed by atoms with Gasteiger partial charge in [-0.2, -0.15) is 6.08 Å². The Labute approximate surface area is 119 Å². The molecule has 0 atom stereocenters. The van der Waals surface area contributed by atoms with Crippen molar-refractivity contribution in [3.63, 3.8) is 0 Å². The van der Waals surface area contributed by atoms with Crippen LogP contribution in [-0.2, 0) is 25.8 Å². The third kappa shape index (κ3) is 8.23. The molecule has 0 aliphatic heterocycles. The van der Waals surface area contributed by atoms with E-state index in [0.29, 0.717) is 5.41 Å². The van der Waals surface area contributed by atoms with Crippen molar-refractivity contribution in [2.24, 2.45) is 5.41 Å². The van der Waals surface area contributed by atoms with Crippen LogP contribution < -0.4 is 0 Å². The summed E-state index contributed by atoms with van der Waals surface area (Å²) in [5, 5.41) is 0. The third-order valence-corrected chi connectivity index (χ3v) is 1.50. The first-order chi connectivity index (χ1) is 4.11. The van der Waals surface area contributed by atoms with Gasteiger partial charge in [-0.25, -0.2) is 11.6 Å². The molecule has 0 nitrogen and oxygen atoms in total. The molecule has 0 aromatic carbocycles. The average molecular weight is 409 g/mol. The number of hydrogen-bond acceptors (Lipinski definition) is 0. The Balaban J connectivity index is -0.000000101. The van der Waals surface area contributed by atoms with Gasteiger partial charge in [0, 0.05) is 25.8 Å². The van der Waals surface area contributed by atoms with E-state index in [1.54, 1.807) is 0 Å². The topological polar surface area (TPSA) is 0 Å². The van der Waals surface area contributed by atoms with Crippen molar-refractivity contribution in [1.82, 2.24) is 0 Å². The second kappa shape index (κ2) is 9.76. The smallest absolute Gasteiger partial charge is 0 e. The van der Waals surface area contributed by atoms with Gasteiger partial charge < -0.3 is 0 Å². The van der Waals surface area contributed by atoms with Crippen molar-refractivity contribution in [3.05, 3.63) is 23.8 Å². The van der Waals surface area contributed by atoms with Gasteiger partial charge in [-0.05, 0) is 5.41 Å². The standard InChI is InChI=1S/C9H13.3ClH.Hf/c1-9(2,3)8-6-4-5-7-8;;;;/h4,6H,5H2,1-3H3;3*1H;/q-1;;;;. The minimum Gasteiger partial charge on any atom is -0.269 e. The molecule has 0 aromatic rings. The van der Waals surface area contributed by atoms with Crippen molar-refractivity contribution >= 4 is 37.2 Å². The molecule has 0 unspecified atom stereocenters. The Morgan fingerprint density at radius 2 is 1.62 bits per heavy atom. The summed E-state index contributed by atoms with van der Waals surface area (Å²) in [6.07, 6.45) is 8.63. The molecule has 0 aromatic heterocycles. The Bertz CT molecular complexity index is 168. The predicted molar refractivity (Wildman–Crippen MR) is 61.7 cm³/mol. The molecule has 0 radical (unpaired) electrons. The van der Waals surface area contributed by atoms with Crippen LogP contribution in [0.25, 0.3) is 0 Å². The average Bonchev–Trinajstić information content (AvgIpc) is 2.08. The Kier molecular flexibility index (Phi) is 17.9. The van der Waals surface area contributed by atoms with Crippen LogP contribution in [-0.4, -0.2) is 0 Å². The van der Waals surface area contributed by atoms with E-state index in [1.807, 2.05) is 0 Å². The van der Waals surface area contributed by atoms with E-state index >= 15 is 0 Å². The summed E-state index contributed by atoms with van der Waals surface area (Å²) in [5.74, 6) is 0. The van der Waals surface area contributed by atoms with Crippen LogP contribution in [0.15, 0.2) is 17.7 Å². The molecular formula is C9H16Cl3Hf-. The number of rotatable bonds is 0. The van der Waals surface area contributed by atoms with Gasteiger partial charge in [-0.15, -0.1) is 43.6 Å². The Hall–Kier alpha value is 1.22. The molecule has 1 rings (SSSR count). The predicted octanol–water partition coefficient (Wildman–Crippen LogP) is 3.98. The van der Waals surface area contributed by atoms with Crippen LogP contribution in [0.5, 0.6) is 0 Å². The van der Waals surface area contributed by atoms with Crippen molar-refractivity contribution in [1.29, 1.82) is 0 Å². The van der Waals surface area contributed by atoms with Gasteiger partial charge in [0.15, 0.2) is 0 Å². The summed E-state index contributed by atoms with van der Waals surface area (Å²) >= 11 is 0. The summed E-state index contributed by atoms with van der Waals surface area (Å²) in [4.78, 5) is 0. The van der Waals surface area contributed by atoms with E-state index < -0.39 is 0 Å². The minimum atomic E-state index is 0. The SMILES string of the molecule is CC(C)(C)C1=[C-]CC=C1.Cl.Cl.Cl.[Hf]. The summed E-state index contributed by atoms with van der Waals surface area (Å²) in [5.41, 5.74) is 1.65. The molecule has 1 aliphatic rings. The molecule has 4 heteroatoms. The maximum absolute atomic E-state index is 3.30. The van der Waals surface area contributed by atoms with E-state index in [9.17, 15) is 0 Å². The minimum absolute atomic E-state index is 0. The van der Waals surface area contributed by atoms with Gasteiger partial charge in [0.1, 0.15) is 0 Å². The molecule has 0 heterocycles. The first-order valence-electron chi connectivity index (χ1n) is 3.38.